The summed E-state index contributed by atoms with van der Waals surface area (Å²) < 4.78 is 0. The van der Waals surface area contributed by atoms with Crippen LogP contribution in [0, 0.1) is 0 Å². The first-order chi connectivity index (χ1) is 6.70. The number of benzene rings is 1. The summed E-state index contributed by atoms with van der Waals surface area (Å²) in [5, 5.41) is 0. The molecule has 0 fully saturated rings. The summed E-state index contributed by atoms with van der Waals surface area (Å²) in [6.07, 6.45) is 3.41. The second kappa shape index (κ2) is 5.04. The van der Waals surface area contributed by atoms with Gasteiger partial charge >= 0.3 is 0 Å². The van der Waals surface area contributed by atoms with Crippen molar-refractivity contribution in [1.82, 2.24) is 0 Å². The molecule has 1 heteroatoms. The van der Waals surface area contributed by atoms with E-state index in [0.29, 0.717) is 5.92 Å². The van der Waals surface area contributed by atoms with Crippen LogP contribution in [0.15, 0.2) is 18.2 Å². The Balaban J connectivity index is 3.00. The first kappa shape index (κ1) is 11.1. The van der Waals surface area contributed by atoms with Crippen LogP contribution in [0.3, 0.4) is 0 Å². The van der Waals surface area contributed by atoms with Crippen molar-refractivity contribution in [3.63, 3.8) is 0 Å². The zero-order valence-corrected chi connectivity index (χ0v) is 9.51. The van der Waals surface area contributed by atoms with Gasteiger partial charge in [0.15, 0.2) is 0 Å². The molecule has 0 spiro atoms. The van der Waals surface area contributed by atoms with E-state index in [-0.39, 0.29) is 0 Å². The van der Waals surface area contributed by atoms with Crippen LogP contribution in [0.4, 0.5) is 5.69 Å². The molecule has 1 rings (SSSR count). The molecule has 0 aromatic heterocycles. The lowest BCUT2D eigenvalue weighted by Gasteiger charge is -2.15. The van der Waals surface area contributed by atoms with E-state index < -0.39 is 0 Å². The van der Waals surface area contributed by atoms with Crippen molar-refractivity contribution in [1.29, 1.82) is 0 Å². The van der Waals surface area contributed by atoms with E-state index in [1.165, 1.54) is 11.1 Å². The number of hydrogen-bond donors (Lipinski definition) is 1. The summed E-state index contributed by atoms with van der Waals surface area (Å²) >= 11 is 0. The minimum Gasteiger partial charge on any atom is -0.398 e. The molecule has 0 amide bonds. The van der Waals surface area contributed by atoms with E-state index >= 15 is 0 Å². The zero-order valence-electron chi connectivity index (χ0n) is 9.51. The molecule has 0 heterocycles. The molecule has 1 aromatic carbocycles. The van der Waals surface area contributed by atoms with Gasteiger partial charge in [-0.25, -0.2) is 0 Å². The summed E-state index contributed by atoms with van der Waals surface area (Å²) in [6, 6.07) is 6.43. The predicted octanol–water partition coefficient (Wildman–Crippen LogP) is 3.73. The maximum Gasteiger partial charge on any atom is 0.0381 e. The number of anilines is 1. The summed E-state index contributed by atoms with van der Waals surface area (Å²) in [5.41, 5.74) is 9.79. The number of para-hydroxylation sites is 1. The molecule has 0 aliphatic heterocycles. The van der Waals surface area contributed by atoms with E-state index in [1.54, 1.807) is 0 Å². The number of rotatable bonds is 4. The monoisotopic (exact) mass is 191 g/mol. The second-order valence-electron chi connectivity index (χ2n) is 3.98. The van der Waals surface area contributed by atoms with Gasteiger partial charge < -0.3 is 5.73 Å². The van der Waals surface area contributed by atoms with Gasteiger partial charge in [0.05, 0.1) is 0 Å². The average Bonchev–Trinajstić information content (AvgIpc) is 2.20. The van der Waals surface area contributed by atoms with Crippen LogP contribution < -0.4 is 5.73 Å². The molecule has 0 saturated heterocycles. The van der Waals surface area contributed by atoms with Gasteiger partial charge in [0.25, 0.3) is 0 Å². The molecular weight excluding hydrogens is 170 g/mol. The van der Waals surface area contributed by atoms with Crippen molar-refractivity contribution < 1.29 is 0 Å². The predicted molar refractivity (Wildman–Crippen MR) is 63.6 cm³/mol. The van der Waals surface area contributed by atoms with Gasteiger partial charge in [0.2, 0.25) is 0 Å². The Morgan fingerprint density at radius 3 is 2.57 bits per heavy atom. The number of nitrogens with two attached hydrogens (primary N) is 1. The van der Waals surface area contributed by atoms with E-state index in [1.807, 2.05) is 0 Å². The first-order valence-electron chi connectivity index (χ1n) is 5.57. The van der Waals surface area contributed by atoms with Gasteiger partial charge in [-0.3, -0.25) is 0 Å². The Morgan fingerprint density at radius 2 is 2.00 bits per heavy atom. The van der Waals surface area contributed by atoms with E-state index in [9.17, 15) is 0 Å². The van der Waals surface area contributed by atoms with Crippen molar-refractivity contribution in [2.45, 2.75) is 46.0 Å². The maximum absolute atomic E-state index is 6.15. The summed E-state index contributed by atoms with van der Waals surface area (Å²) in [5.74, 6) is 0.576. The Morgan fingerprint density at radius 1 is 1.29 bits per heavy atom. The highest BCUT2D eigenvalue weighted by molar-refractivity contribution is 5.55. The Kier molecular flexibility index (Phi) is 3.99. The number of nitrogen functional groups attached to an aromatic ring is 1. The van der Waals surface area contributed by atoms with Gasteiger partial charge in [-0.1, -0.05) is 45.4 Å². The fraction of sp³-hybridized carbons (Fsp3) is 0.538. The maximum atomic E-state index is 6.15. The van der Waals surface area contributed by atoms with Crippen LogP contribution in [0.2, 0.25) is 0 Å². The van der Waals surface area contributed by atoms with Gasteiger partial charge in [0.1, 0.15) is 0 Å². The van der Waals surface area contributed by atoms with Crippen molar-refractivity contribution in [2.24, 2.45) is 0 Å². The van der Waals surface area contributed by atoms with Gasteiger partial charge in [-0.15, -0.1) is 0 Å². The minimum atomic E-state index is 0.576. The Labute approximate surface area is 87.3 Å². The van der Waals surface area contributed by atoms with Crippen molar-refractivity contribution >= 4 is 5.69 Å². The number of hydrogen-bond acceptors (Lipinski definition) is 1. The molecule has 1 unspecified atom stereocenters. The average molecular weight is 191 g/mol. The van der Waals surface area contributed by atoms with Crippen molar-refractivity contribution in [3.05, 3.63) is 29.3 Å². The standard InChI is InChI=1S/C13H21N/c1-4-7-11-8-6-9-12(13(11)14)10(3)5-2/h6,8-10H,4-5,7,14H2,1-3H3. The van der Waals surface area contributed by atoms with Crippen LogP contribution in [0.1, 0.15) is 50.7 Å². The van der Waals surface area contributed by atoms with Crippen molar-refractivity contribution in [3.8, 4) is 0 Å². The molecular formula is C13H21N. The van der Waals surface area contributed by atoms with Gasteiger partial charge in [0, 0.05) is 5.69 Å². The fourth-order valence-corrected chi connectivity index (χ4v) is 1.77. The van der Waals surface area contributed by atoms with Crippen LogP contribution in [0.25, 0.3) is 0 Å². The lowest BCUT2D eigenvalue weighted by Crippen LogP contribution is -2.02. The topological polar surface area (TPSA) is 26.0 Å². The molecule has 0 radical (unpaired) electrons. The van der Waals surface area contributed by atoms with Crippen molar-refractivity contribution in [2.75, 3.05) is 5.73 Å². The molecule has 1 atom stereocenters. The second-order valence-corrected chi connectivity index (χ2v) is 3.98. The normalized spacial score (nSPS) is 12.8. The summed E-state index contributed by atoms with van der Waals surface area (Å²) in [7, 11) is 0. The zero-order chi connectivity index (χ0) is 10.6. The molecule has 1 nitrogen and oxygen atoms in total. The van der Waals surface area contributed by atoms with Gasteiger partial charge in [-0.2, -0.15) is 0 Å². The lowest BCUT2D eigenvalue weighted by atomic mass is 9.93. The van der Waals surface area contributed by atoms with Crippen LogP contribution in [-0.2, 0) is 6.42 Å². The molecule has 0 saturated carbocycles. The highest BCUT2D eigenvalue weighted by Gasteiger charge is 2.09. The third kappa shape index (κ3) is 2.28. The van der Waals surface area contributed by atoms with Gasteiger partial charge in [-0.05, 0) is 29.9 Å². The van der Waals surface area contributed by atoms with E-state index in [0.717, 1.165) is 24.9 Å². The highest BCUT2D eigenvalue weighted by Crippen LogP contribution is 2.27. The minimum absolute atomic E-state index is 0.576. The molecule has 0 aliphatic carbocycles. The highest BCUT2D eigenvalue weighted by atomic mass is 14.6. The number of aryl methyl sites for hydroxylation is 1. The summed E-state index contributed by atoms with van der Waals surface area (Å²) in [4.78, 5) is 0. The lowest BCUT2D eigenvalue weighted by molar-refractivity contribution is 0.734. The molecule has 78 valence electrons. The van der Waals surface area contributed by atoms with E-state index in [2.05, 4.69) is 39.0 Å². The Hall–Kier alpha value is -0.980. The third-order valence-corrected chi connectivity index (χ3v) is 2.89. The first-order valence-corrected chi connectivity index (χ1v) is 5.57. The summed E-state index contributed by atoms with van der Waals surface area (Å²) in [6.45, 7) is 6.63. The molecule has 2 N–H and O–H groups in total. The van der Waals surface area contributed by atoms with E-state index in [4.69, 9.17) is 5.73 Å². The molecule has 14 heavy (non-hydrogen) atoms. The molecule has 0 bridgehead atoms. The SMILES string of the molecule is CCCc1cccc(C(C)CC)c1N. The quantitative estimate of drug-likeness (QED) is 0.721. The third-order valence-electron chi connectivity index (χ3n) is 2.89. The van der Waals surface area contributed by atoms with Crippen LogP contribution in [-0.4, -0.2) is 0 Å². The fourth-order valence-electron chi connectivity index (χ4n) is 1.77. The molecule has 0 aliphatic rings. The molecule has 1 aromatic rings. The smallest absolute Gasteiger partial charge is 0.0381 e. The van der Waals surface area contributed by atoms with Crippen LogP contribution >= 0.6 is 0 Å². The Bertz CT molecular complexity index is 291. The largest absolute Gasteiger partial charge is 0.398 e. The van der Waals surface area contributed by atoms with Crippen LogP contribution in [0.5, 0.6) is 0 Å².